The van der Waals surface area contributed by atoms with Gasteiger partial charge in [0.15, 0.2) is 0 Å². The SMILES string of the molecule is CC1CCCC1CNC(=O)Cn1cc(N)cn1. The number of nitrogens with two attached hydrogens (primary N) is 1. The summed E-state index contributed by atoms with van der Waals surface area (Å²) in [5.74, 6) is 1.38. The number of nitrogen functional groups attached to an aromatic ring is 1. The number of anilines is 1. The number of carbonyl (C=O) groups excluding carboxylic acids is 1. The normalized spacial score (nSPS) is 23.8. The molecule has 3 N–H and O–H groups in total. The highest BCUT2D eigenvalue weighted by Gasteiger charge is 2.23. The molecule has 1 fully saturated rings. The first-order chi connectivity index (χ1) is 8.15. The number of nitrogens with zero attached hydrogens (tertiary/aromatic N) is 2. The number of carbonyl (C=O) groups is 1. The Morgan fingerprint density at radius 1 is 1.65 bits per heavy atom. The van der Waals surface area contributed by atoms with Gasteiger partial charge < -0.3 is 11.1 Å². The van der Waals surface area contributed by atoms with E-state index < -0.39 is 0 Å². The van der Waals surface area contributed by atoms with Crippen molar-refractivity contribution in [3.63, 3.8) is 0 Å². The molecule has 2 atom stereocenters. The summed E-state index contributed by atoms with van der Waals surface area (Å²) in [4.78, 5) is 11.7. The molecule has 1 aliphatic rings. The van der Waals surface area contributed by atoms with Crippen LogP contribution in [0.3, 0.4) is 0 Å². The highest BCUT2D eigenvalue weighted by Crippen LogP contribution is 2.30. The van der Waals surface area contributed by atoms with Gasteiger partial charge in [-0.25, -0.2) is 0 Å². The summed E-state index contributed by atoms with van der Waals surface area (Å²) < 4.78 is 1.56. The lowest BCUT2D eigenvalue weighted by atomic mass is 9.98. The number of nitrogens with one attached hydrogen (secondary N) is 1. The minimum atomic E-state index is 0.00667. The summed E-state index contributed by atoms with van der Waals surface area (Å²) in [6, 6.07) is 0. The van der Waals surface area contributed by atoms with E-state index in [0.717, 1.165) is 12.5 Å². The number of amides is 1. The van der Waals surface area contributed by atoms with Gasteiger partial charge in [0.25, 0.3) is 0 Å². The molecule has 0 aromatic carbocycles. The van der Waals surface area contributed by atoms with E-state index in [1.165, 1.54) is 19.3 Å². The van der Waals surface area contributed by atoms with Gasteiger partial charge in [-0.1, -0.05) is 19.8 Å². The Kier molecular flexibility index (Phi) is 3.66. The van der Waals surface area contributed by atoms with Crippen molar-refractivity contribution in [1.29, 1.82) is 0 Å². The molecule has 2 rings (SSSR count). The third kappa shape index (κ3) is 3.22. The predicted octanol–water partition coefficient (Wildman–Crippen LogP) is 1.02. The van der Waals surface area contributed by atoms with Gasteiger partial charge >= 0.3 is 0 Å². The van der Waals surface area contributed by atoms with E-state index in [-0.39, 0.29) is 12.5 Å². The van der Waals surface area contributed by atoms with E-state index in [2.05, 4.69) is 17.3 Å². The number of hydrogen-bond acceptors (Lipinski definition) is 3. The average Bonchev–Trinajstić information content (AvgIpc) is 2.85. The molecule has 5 heteroatoms. The summed E-state index contributed by atoms with van der Waals surface area (Å²) in [6.45, 7) is 3.30. The maximum Gasteiger partial charge on any atom is 0.241 e. The molecule has 5 nitrogen and oxygen atoms in total. The zero-order valence-corrected chi connectivity index (χ0v) is 10.2. The monoisotopic (exact) mass is 236 g/mol. The second kappa shape index (κ2) is 5.21. The highest BCUT2D eigenvalue weighted by atomic mass is 16.2. The number of hydrogen-bond donors (Lipinski definition) is 2. The van der Waals surface area contributed by atoms with Gasteiger partial charge in [-0.2, -0.15) is 5.10 Å². The number of aromatic nitrogens is 2. The smallest absolute Gasteiger partial charge is 0.241 e. The zero-order chi connectivity index (χ0) is 12.3. The van der Waals surface area contributed by atoms with Crippen molar-refractivity contribution in [2.24, 2.45) is 11.8 Å². The first-order valence-corrected chi connectivity index (χ1v) is 6.20. The largest absolute Gasteiger partial charge is 0.396 e. The quantitative estimate of drug-likeness (QED) is 0.819. The van der Waals surface area contributed by atoms with E-state index in [1.54, 1.807) is 17.1 Å². The molecule has 94 valence electrons. The van der Waals surface area contributed by atoms with Crippen LogP contribution in [0.5, 0.6) is 0 Å². The van der Waals surface area contributed by atoms with E-state index in [4.69, 9.17) is 5.73 Å². The van der Waals surface area contributed by atoms with Crippen molar-refractivity contribution in [1.82, 2.24) is 15.1 Å². The van der Waals surface area contributed by atoms with Crippen molar-refractivity contribution in [3.05, 3.63) is 12.4 Å². The Morgan fingerprint density at radius 3 is 3.06 bits per heavy atom. The average molecular weight is 236 g/mol. The van der Waals surface area contributed by atoms with Crippen LogP contribution in [0.2, 0.25) is 0 Å². The molecule has 2 unspecified atom stereocenters. The van der Waals surface area contributed by atoms with Gasteiger partial charge in [-0.3, -0.25) is 9.48 Å². The molecule has 0 bridgehead atoms. The van der Waals surface area contributed by atoms with Crippen LogP contribution < -0.4 is 11.1 Å². The molecule has 17 heavy (non-hydrogen) atoms. The molecule has 1 aliphatic carbocycles. The third-order valence-electron chi connectivity index (χ3n) is 3.56. The van der Waals surface area contributed by atoms with Gasteiger partial charge in [-0.15, -0.1) is 0 Å². The van der Waals surface area contributed by atoms with Crippen LogP contribution in [-0.2, 0) is 11.3 Å². The molecule has 1 amide bonds. The Bertz CT molecular complexity index is 388. The van der Waals surface area contributed by atoms with Gasteiger partial charge in [0.2, 0.25) is 5.91 Å². The molecule has 1 aromatic rings. The van der Waals surface area contributed by atoms with Gasteiger partial charge in [0.05, 0.1) is 11.9 Å². The fraction of sp³-hybridized carbons (Fsp3) is 0.667. The number of rotatable bonds is 4. The van der Waals surface area contributed by atoms with Crippen molar-refractivity contribution in [2.75, 3.05) is 12.3 Å². The topological polar surface area (TPSA) is 72.9 Å². The first-order valence-electron chi connectivity index (χ1n) is 6.20. The fourth-order valence-electron chi connectivity index (χ4n) is 2.44. The zero-order valence-electron chi connectivity index (χ0n) is 10.2. The lowest BCUT2D eigenvalue weighted by Gasteiger charge is -2.15. The van der Waals surface area contributed by atoms with Crippen LogP contribution in [-0.4, -0.2) is 22.2 Å². The Morgan fingerprint density at radius 2 is 2.47 bits per heavy atom. The van der Waals surface area contributed by atoms with Crippen molar-refractivity contribution >= 4 is 11.6 Å². The van der Waals surface area contributed by atoms with E-state index >= 15 is 0 Å². The summed E-state index contributed by atoms with van der Waals surface area (Å²) in [6.07, 6.45) is 7.02. The maximum atomic E-state index is 11.7. The van der Waals surface area contributed by atoms with Crippen LogP contribution >= 0.6 is 0 Å². The Labute approximate surface area is 101 Å². The molecule has 1 saturated carbocycles. The molecule has 0 aliphatic heterocycles. The first kappa shape index (κ1) is 12.0. The van der Waals surface area contributed by atoms with Gasteiger partial charge in [-0.05, 0) is 18.3 Å². The van der Waals surface area contributed by atoms with Crippen LogP contribution in [0.25, 0.3) is 0 Å². The highest BCUT2D eigenvalue weighted by molar-refractivity contribution is 5.75. The molecular formula is C12H20N4O. The minimum absolute atomic E-state index is 0.00667. The van der Waals surface area contributed by atoms with Gasteiger partial charge in [0, 0.05) is 12.7 Å². The second-order valence-corrected chi connectivity index (χ2v) is 4.94. The summed E-state index contributed by atoms with van der Waals surface area (Å²) in [5.41, 5.74) is 6.12. The van der Waals surface area contributed by atoms with Gasteiger partial charge in [0.1, 0.15) is 6.54 Å². The van der Waals surface area contributed by atoms with Crippen LogP contribution in [0, 0.1) is 11.8 Å². The van der Waals surface area contributed by atoms with Crippen molar-refractivity contribution in [3.8, 4) is 0 Å². The molecular weight excluding hydrogens is 216 g/mol. The lowest BCUT2D eigenvalue weighted by molar-refractivity contribution is -0.122. The van der Waals surface area contributed by atoms with Crippen molar-refractivity contribution < 1.29 is 4.79 Å². The molecule has 1 heterocycles. The standard InChI is InChI=1S/C12H20N4O/c1-9-3-2-4-10(9)5-14-12(17)8-16-7-11(13)6-15-16/h6-7,9-10H,2-5,8,13H2,1H3,(H,14,17). The summed E-state index contributed by atoms with van der Waals surface area (Å²) in [7, 11) is 0. The minimum Gasteiger partial charge on any atom is -0.396 e. The van der Waals surface area contributed by atoms with Crippen molar-refractivity contribution in [2.45, 2.75) is 32.7 Å². The summed E-state index contributed by atoms with van der Waals surface area (Å²) in [5, 5.41) is 6.95. The van der Waals surface area contributed by atoms with E-state index in [0.29, 0.717) is 11.6 Å². The third-order valence-corrected chi connectivity index (χ3v) is 3.56. The van der Waals surface area contributed by atoms with Crippen LogP contribution in [0.1, 0.15) is 26.2 Å². The predicted molar refractivity (Wildman–Crippen MR) is 66.2 cm³/mol. The van der Waals surface area contributed by atoms with E-state index in [1.807, 2.05) is 0 Å². The van der Waals surface area contributed by atoms with Crippen LogP contribution in [0.4, 0.5) is 5.69 Å². The molecule has 1 aromatic heterocycles. The fourth-order valence-corrected chi connectivity index (χ4v) is 2.44. The second-order valence-electron chi connectivity index (χ2n) is 4.94. The van der Waals surface area contributed by atoms with Crippen LogP contribution in [0.15, 0.2) is 12.4 Å². The summed E-state index contributed by atoms with van der Waals surface area (Å²) >= 11 is 0. The Balaban J connectivity index is 1.74. The molecule has 0 saturated heterocycles. The molecule has 0 radical (unpaired) electrons. The lowest BCUT2D eigenvalue weighted by Crippen LogP contribution is -2.33. The maximum absolute atomic E-state index is 11.7. The molecule has 0 spiro atoms. The van der Waals surface area contributed by atoms with E-state index in [9.17, 15) is 4.79 Å². The Hall–Kier alpha value is -1.52.